The first kappa shape index (κ1) is 12.4. The van der Waals surface area contributed by atoms with Crippen molar-refractivity contribution >= 4 is 0 Å². The molecule has 100 valence electrons. The summed E-state index contributed by atoms with van der Waals surface area (Å²) in [7, 11) is 0. The van der Waals surface area contributed by atoms with Crippen LogP contribution in [0, 0.1) is 5.82 Å². The van der Waals surface area contributed by atoms with E-state index in [-0.39, 0.29) is 11.7 Å². The van der Waals surface area contributed by atoms with Gasteiger partial charge < -0.3 is 9.73 Å². The van der Waals surface area contributed by atoms with Gasteiger partial charge in [0.25, 0.3) is 0 Å². The van der Waals surface area contributed by atoms with Crippen LogP contribution in [-0.2, 0) is 6.42 Å². The largest absolute Gasteiger partial charge is 0.472 e. The van der Waals surface area contributed by atoms with Crippen LogP contribution in [0.1, 0.15) is 29.9 Å². The van der Waals surface area contributed by atoms with Gasteiger partial charge in [0, 0.05) is 18.5 Å². The number of benzene rings is 1. The molecule has 1 aliphatic carbocycles. The fraction of sp³-hybridized carbons (Fsp3) is 0.375. The Morgan fingerprint density at radius 1 is 1.32 bits per heavy atom. The van der Waals surface area contributed by atoms with Crippen LogP contribution >= 0.6 is 0 Å². The minimum absolute atomic E-state index is 0.166. The third kappa shape index (κ3) is 3.44. The lowest BCUT2D eigenvalue weighted by molar-refractivity contribution is 0.549. The van der Waals surface area contributed by atoms with Crippen molar-refractivity contribution in [3.63, 3.8) is 0 Å². The molecule has 2 nitrogen and oxygen atoms in total. The molecule has 0 saturated heterocycles. The molecule has 1 aromatic carbocycles. The Bertz CT molecular complexity index is 519. The van der Waals surface area contributed by atoms with Gasteiger partial charge in [-0.1, -0.05) is 12.1 Å². The Balaban J connectivity index is 1.73. The first-order valence-electron chi connectivity index (χ1n) is 6.81. The fourth-order valence-electron chi connectivity index (χ4n) is 2.36. The van der Waals surface area contributed by atoms with E-state index in [1.807, 2.05) is 12.1 Å². The molecule has 1 atom stereocenters. The van der Waals surface area contributed by atoms with Crippen LogP contribution in [0.15, 0.2) is 47.3 Å². The molecule has 1 heterocycles. The summed E-state index contributed by atoms with van der Waals surface area (Å²) in [5.74, 6) is 0.120. The van der Waals surface area contributed by atoms with Gasteiger partial charge in [-0.3, -0.25) is 0 Å². The lowest BCUT2D eigenvalue weighted by atomic mass is 9.93. The van der Waals surface area contributed by atoms with Gasteiger partial charge in [-0.2, -0.15) is 0 Å². The zero-order valence-electron chi connectivity index (χ0n) is 10.8. The van der Waals surface area contributed by atoms with E-state index in [1.54, 1.807) is 24.7 Å². The van der Waals surface area contributed by atoms with E-state index < -0.39 is 0 Å². The summed E-state index contributed by atoms with van der Waals surface area (Å²) in [6.45, 7) is 0.888. The highest BCUT2D eigenvalue weighted by Crippen LogP contribution is 2.24. The highest BCUT2D eigenvalue weighted by atomic mass is 19.1. The molecular formula is C16H18FNO. The highest BCUT2D eigenvalue weighted by molar-refractivity contribution is 5.24. The first-order chi connectivity index (χ1) is 9.31. The minimum Gasteiger partial charge on any atom is -0.472 e. The normalized spacial score (nSPS) is 16.5. The lowest BCUT2D eigenvalue weighted by Crippen LogP contribution is -2.24. The Hall–Kier alpha value is -1.61. The molecule has 1 aliphatic rings. The van der Waals surface area contributed by atoms with Crippen molar-refractivity contribution in [3.05, 3.63) is 59.8 Å². The van der Waals surface area contributed by atoms with Crippen LogP contribution in [-0.4, -0.2) is 12.6 Å². The molecule has 0 aliphatic heterocycles. The number of halogens is 1. The number of hydrogen-bond donors (Lipinski definition) is 1. The Kier molecular flexibility index (Phi) is 3.65. The van der Waals surface area contributed by atoms with E-state index in [9.17, 15) is 4.39 Å². The van der Waals surface area contributed by atoms with Crippen molar-refractivity contribution in [2.45, 2.75) is 31.2 Å². The van der Waals surface area contributed by atoms with Gasteiger partial charge in [-0.15, -0.1) is 0 Å². The van der Waals surface area contributed by atoms with E-state index in [0.29, 0.717) is 6.04 Å². The molecule has 0 amide bonds. The average molecular weight is 259 g/mol. The van der Waals surface area contributed by atoms with Gasteiger partial charge in [0.05, 0.1) is 12.5 Å². The van der Waals surface area contributed by atoms with Gasteiger partial charge in [0.2, 0.25) is 0 Å². The number of nitrogens with one attached hydrogen (secondary N) is 1. The van der Waals surface area contributed by atoms with Crippen LogP contribution < -0.4 is 5.32 Å². The second-order valence-electron chi connectivity index (χ2n) is 5.27. The molecule has 2 aromatic rings. The van der Waals surface area contributed by atoms with E-state index in [2.05, 4.69) is 5.32 Å². The van der Waals surface area contributed by atoms with Crippen LogP contribution in [0.4, 0.5) is 4.39 Å². The molecule has 1 saturated carbocycles. The summed E-state index contributed by atoms with van der Waals surface area (Å²) in [6.07, 6.45) is 6.86. The Labute approximate surface area is 112 Å². The van der Waals surface area contributed by atoms with Crippen LogP contribution in [0.2, 0.25) is 0 Å². The van der Waals surface area contributed by atoms with Crippen molar-refractivity contribution in [2.24, 2.45) is 0 Å². The number of hydrogen-bond acceptors (Lipinski definition) is 2. The van der Waals surface area contributed by atoms with Crippen LogP contribution in [0.3, 0.4) is 0 Å². The molecule has 1 fully saturated rings. The molecule has 0 radical (unpaired) electrons. The van der Waals surface area contributed by atoms with Crippen molar-refractivity contribution in [1.29, 1.82) is 0 Å². The molecule has 0 spiro atoms. The summed E-state index contributed by atoms with van der Waals surface area (Å²) in [5.41, 5.74) is 2.21. The van der Waals surface area contributed by atoms with Crippen LogP contribution in [0.25, 0.3) is 0 Å². The fourth-order valence-corrected chi connectivity index (χ4v) is 2.36. The van der Waals surface area contributed by atoms with E-state index in [0.717, 1.165) is 24.1 Å². The quantitative estimate of drug-likeness (QED) is 0.859. The summed E-state index contributed by atoms with van der Waals surface area (Å²) in [4.78, 5) is 0. The SMILES string of the molecule is Fc1cccc(C(CNC2CC2)Cc2ccoc2)c1. The monoisotopic (exact) mass is 259 g/mol. The van der Waals surface area contributed by atoms with Crippen molar-refractivity contribution in [1.82, 2.24) is 5.32 Å². The van der Waals surface area contributed by atoms with Gasteiger partial charge in [0.15, 0.2) is 0 Å². The summed E-state index contributed by atoms with van der Waals surface area (Å²) in [5, 5.41) is 3.53. The highest BCUT2D eigenvalue weighted by Gasteiger charge is 2.23. The molecule has 3 heteroatoms. The predicted octanol–water partition coefficient (Wildman–Crippen LogP) is 3.50. The Morgan fingerprint density at radius 2 is 2.21 bits per heavy atom. The maximum Gasteiger partial charge on any atom is 0.123 e. The molecular weight excluding hydrogens is 241 g/mol. The van der Waals surface area contributed by atoms with E-state index in [4.69, 9.17) is 4.42 Å². The smallest absolute Gasteiger partial charge is 0.123 e. The zero-order valence-corrected chi connectivity index (χ0v) is 10.8. The summed E-state index contributed by atoms with van der Waals surface area (Å²) < 4.78 is 18.5. The second kappa shape index (κ2) is 5.57. The maximum atomic E-state index is 13.4. The second-order valence-corrected chi connectivity index (χ2v) is 5.27. The molecule has 1 aromatic heterocycles. The van der Waals surface area contributed by atoms with Crippen molar-refractivity contribution in [3.8, 4) is 0 Å². The van der Waals surface area contributed by atoms with Crippen LogP contribution in [0.5, 0.6) is 0 Å². The van der Waals surface area contributed by atoms with Gasteiger partial charge in [-0.05, 0) is 48.6 Å². The number of furan rings is 1. The standard InChI is InChI=1S/C16H18FNO/c17-15-3-1-2-13(9-15)14(10-18-16-4-5-16)8-12-6-7-19-11-12/h1-3,6-7,9,11,14,16,18H,4-5,8,10H2. The van der Waals surface area contributed by atoms with Gasteiger partial charge >= 0.3 is 0 Å². The Morgan fingerprint density at radius 3 is 2.89 bits per heavy atom. The average Bonchev–Trinajstić information content (AvgIpc) is 3.10. The van der Waals surface area contributed by atoms with E-state index in [1.165, 1.54) is 18.9 Å². The maximum absolute atomic E-state index is 13.4. The van der Waals surface area contributed by atoms with Crippen molar-refractivity contribution < 1.29 is 8.81 Å². The lowest BCUT2D eigenvalue weighted by Gasteiger charge is -2.17. The third-order valence-corrected chi connectivity index (χ3v) is 3.61. The van der Waals surface area contributed by atoms with E-state index >= 15 is 0 Å². The molecule has 3 rings (SSSR count). The van der Waals surface area contributed by atoms with Crippen molar-refractivity contribution in [2.75, 3.05) is 6.54 Å². The molecule has 1 unspecified atom stereocenters. The minimum atomic E-state index is -0.166. The molecule has 0 bridgehead atoms. The third-order valence-electron chi connectivity index (χ3n) is 3.61. The first-order valence-corrected chi connectivity index (χ1v) is 6.81. The summed E-state index contributed by atoms with van der Waals surface area (Å²) in [6, 6.07) is 9.56. The van der Waals surface area contributed by atoms with Gasteiger partial charge in [-0.25, -0.2) is 4.39 Å². The molecule has 19 heavy (non-hydrogen) atoms. The number of rotatable bonds is 6. The predicted molar refractivity (Wildman–Crippen MR) is 72.6 cm³/mol. The topological polar surface area (TPSA) is 25.2 Å². The molecule has 1 N–H and O–H groups in total. The van der Waals surface area contributed by atoms with Gasteiger partial charge in [0.1, 0.15) is 5.82 Å². The summed E-state index contributed by atoms with van der Waals surface area (Å²) >= 11 is 0. The zero-order chi connectivity index (χ0) is 13.1.